The molecule has 4 nitrogen and oxygen atoms in total. The van der Waals surface area contributed by atoms with Crippen LogP contribution in [0.4, 0.5) is 0 Å². The number of likely N-dealkylation sites (tertiary alicyclic amines) is 1. The van der Waals surface area contributed by atoms with Crippen molar-refractivity contribution >= 4 is 5.78 Å². The molecule has 26 heavy (non-hydrogen) atoms. The molecule has 1 saturated heterocycles. The first-order chi connectivity index (χ1) is 12.3. The maximum Gasteiger partial charge on any atom is 0.161 e. The van der Waals surface area contributed by atoms with Gasteiger partial charge in [-0.1, -0.05) is 26.8 Å². The predicted octanol–water partition coefficient (Wildman–Crippen LogP) is 4.31. The Kier molecular flexibility index (Phi) is 7.10. The fourth-order valence-electron chi connectivity index (χ4n) is 4.03. The maximum atomic E-state index is 12.1. The zero-order valence-corrected chi connectivity index (χ0v) is 17.3. The van der Waals surface area contributed by atoms with Crippen LogP contribution < -0.4 is 9.47 Å². The lowest BCUT2D eigenvalue weighted by Gasteiger charge is -2.31. The van der Waals surface area contributed by atoms with Crippen LogP contribution in [-0.4, -0.2) is 45.0 Å². The second-order valence-electron chi connectivity index (χ2n) is 8.31. The molecule has 0 N–H and O–H groups in total. The number of benzene rings is 1. The summed E-state index contributed by atoms with van der Waals surface area (Å²) in [4.78, 5) is 14.5. The van der Waals surface area contributed by atoms with E-state index in [0.717, 1.165) is 43.9 Å². The van der Waals surface area contributed by atoms with Gasteiger partial charge < -0.3 is 14.4 Å². The summed E-state index contributed by atoms with van der Waals surface area (Å²) in [6, 6.07) is 6.34. The van der Waals surface area contributed by atoms with Gasteiger partial charge in [-0.15, -0.1) is 0 Å². The van der Waals surface area contributed by atoms with E-state index in [0.29, 0.717) is 18.1 Å². The van der Waals surface area contributed by atoms with E-state index in [2.05, 4.69) is 31.0 Å². The largest absolute Gasteiger partial charge is 0.493 e. The first-order valence-electron chi connectivity index (χ1n) is 9.75. The minimum atomic E-state index is 0.128. The Morgan fingerprint density at radius 1 is 1.19 bits per heavy atom. The van der Waals surface area contributed by atoms with Crippen LogP contribution in [0.1, 0.15) is 52.0 Å². The summed E-state index contributed by atoms with van der Waals surface area (Å²) >= 11 is 0. The van der Waals surface area contributed by atoms with Crippen LogP contribution in [-0.2, 0) is 10.2 Å². The number of hydrogen-bond donors (Lipinski definition) is 0. The minimum Gasteiger partial charge on any atom is -0.493 e. The Bertz CT molecular complexity index is 613. The number of likely N-dealkylation sites (N-methyl/N-ethyl adjacent to an activating group) is 1. The van der Waals surface area contributed by atoms with Crippen LogP contribution in [0.3, 0.4) is 0 Å². The molecule has 146 valence electrons. The number of hydrogen-bond acceptors (Lipinski definition) is 4. The Morgan fingerprint density at radius 3 is 2.42 bits per heavy atom. The molecule has 0 bridgehead atoms. The smallest absolute Gasteiger partial charge is 0.161 e. The van der Waals surface area contributed by atoms with E-state index in [1.165, 1.54) is 5.56 Å². The van der Waals surface area contributed by atoms with Gasteiger partial charge in [-0.3, -0.25) is 4.79 Å². The average Bonchev–Trinajstić information content (AvgIpc) is 3.01. The number of methoxy groups -OCH3 is 2. The number of ether oxygens (including phenoxy) is 2. The van der Waals surface area contributed by atoms with Crippen molar-refractivity contribution in [1.82, 2.24) is 4.90 Å². The standard InChI is InChI=1S/C22H35NO3/c1-16(2)19(24)13-17(3)9-10-22(11-12-23(4)15-22)18-7-8-20(25-5)21(14-18)26-6/h7-8,14,16-17H,9-13,15H2,1-6H3/t17-,22+/m0/s1. The molecule has 1 heterocycles. The lowest BCUT2D eigenvalue weighted by atomic mass is 9.74. The molecular formula is C22H35NO3. The Hall–Kier alpha value is -1.55. The number of rotatable bonds is 9. The van der Waals surface area contributed by atoms with E-state index in [9.17, 15) is 4.79 Å². The van der Waals surface area contributed by atoms with Crippen molar-refractivity contribution in [2.45, 2.75) is 51.9 Å². The van der Waals surface area contributed by atoms with Crippen molar-refractivity contribution in [3.63, 3.8) is 0 Å². The van der Waals surface area contributed by atoms with Crippen molar-refractivity contribution in [2.75, 3.05) is 34.4 Å². The summed E-state index contributed by atoms with van der Waals surface area (Å²) in [5.41, 5.74) is 1.45. The van der Waals surface area contributed by atoms with Gasteiger partial charge in [0.25, 0.3) is 0 Å². The number of ketones is 1. The van der Waals surface area contributed by atoms with Crippen LogP contribution in [0.2, 0.25) is 0 Å². The normalized spacial score (nSPS) is 21.8. The van der Waals surface area contributed by atoms with Crippen molar-refractivity contribution in [3.05, 3.63) is 23.8 Å². The van der Waals surface area contributed by atoms with E-state index < -0.39 is 0 Å². The third-order valence-electron chi connectivity index (χ3n) is 5.85. The van der Waals surface area contributed by atoms with Gasteiger partial charge >= 0.3 is 0 Å². The van der Waals surface area contributed by atoms with Gasteiger partial charge in [0.1, 0.15) is 5.78 Å². The highest BCUT2D eigenvalue weighted by molar-refractivity contribution is 5.80. The highest BCUT2D eigenvalue weighted by Gasteiger charge is 2.38. The average molecular weight is 362 g/mol. The quantitative estimate of drug-likeness (QED) is 0.657. The maximum absolute atomic E-state index is 12.1. The van der Waals surface area contributed by atoms with E-state index in [1.807, 2.05) is 19.9 Å². The molecule has 1 aliphatic heterocycles. The molecule has 1 aromatic rings. The Morgan fingerprint density at radius 2 is 1.88 bits per heavy atom. The number of nitrogens with zero attached hydrogens (tertiary/aromatic N) is 1. The van der Waals surface area contributed by atoms with Gasteiger partial charge in [0, 0.05) is 24.3 Å². The summed E-state index contributed by atoms with van der Waals surface area (Å²) in [5.74, 6) is 2.50. The summed E-state index contributed by atoms with van der Waals surface area (Å²) in [6.07, 6.45) is 4.00. The van der Waals surface area contributed by atoms with Gasteiger partial charge in [-0.05, 0) is 56.5 Å². The van der Waals surface area contributed by atoms with Crippen molar-refractivity contribution in [2.24, 2.45) is 11.8 Å². The molecule has 0 radical (unpaired) electrons. The van der Waals surface area contributed by atoms with Gasteiger partial charge in [0.15, 0.2) is 11.5 Å². The van der Waals surface area contributed by atoms with Crippen LogP contribution in [0.25, 0.3) is 0 Å². The van der Waals surface area contributed by atoms with Gasteiger partial charge in [0.2, 0.25) is 0 Å². The van der Waals surface area contributed by atoms with Gasteiger partial charge in [-0.25, -0.2) is 0 Å². The predicted molar refractivity (Wildman–Crippen MR) is 106 cm³/mol. The van der Waals surface area contributed by atoms with E-state index in [-0.39, 0.29) is 11.3 Å². The summed E-state index contributed by atoms with van der Waals surface area (Å²) in [6.45, 7) is 8.35. The summed E-state index contributed by atoms with van der Waals surface area (Å²) in [7, 11) is 5.55. The third-order valence-corrected chi connectivity index (χ3v) is 5.85. The SMILES string of the molecule is COc1ccc([C@]2(CC[C@H](C)CC(=O)C(C)C)CCN(C)C2)cc1OC. The molecule has 4 heteroatoms. The Labute approximate surface area is 158 Å². The molecule has 0 amide bonds. The molecule has 1 aromatic carbocycles. The molecule has 0 saturated carbocycles. The molecule has 2 atom stereocenters. The van der Waals surface area contributed by atoms with Crippen LogP contribution in [0.15, 0.2) is 18.2 Å². The van der Waals surface area contributed by atoms with Crippen molar-refractivity contribution < 1.29 is 14.3 Å². The summed E-state index contributed by atoms with van der Waals surface area (Å²) in [5, 5.41) is 0. The minimum absolute atomic E-state index is 0.128. The fourth-order valence-corrected chi connectivity index (χ4v) is 4.03. The fraction of sp³-hybridized carbons (Fsp3) is 0.682. The van der Waals surface area contributed by atoms with Crippen molar-refractivity contribution in [3.8, 4) is 11.5 Å². The lowest BCUT2D eigenvalue weighted by Crippen LogP contribution is -2.30. The molecule has 0 aromatic heterocycles. The molecular weight excluding hydrogens is 326 g/mol. The highest BCUT2D eigenvalue weighted by Crippen LogP contribution is 2.42. The third kappa shape index (κ3) is 4.79. The highest BCUT2D eigenvalue weighted by atomic mass is 16.5. The van der Waals surface area contributed by atoms with Gasteiger partial charge in [-0.2, -0.15) is 0 Å². The Balaban J connectivity index is 2.17. The first-order valence-corrected chi connectivity index (χ1v) is 9.75. The van der Waals surface area contributed by atoms with E-state index in [4.69, 9.17) is 9.47 Å². The molecule has 0 unspecified atom stereocenters. The second kappa shape index (κ2) is 8.90. The number of carbonyl (C=O) groups is 1. The number of Topliss-reactive ketones (excluding diaryl/α,β-unsaturated/α-hetero) is 1. The van der Waals surface area contributed by atoms with E-state index in [1.54, 1.807) is 14.2 Å². The monoisotopic (exact) mass is 361 g/mol. The lowest BCUT2D eigenvalue weighted by molar-refractivity contribution is -0.122. The van der Waals surface area contributed by atoms with Gasteiger partial charge in [0.05, 0.1) is 14.2 Å². The van der Waals surface area contributed by atoms with E-state index >= 15 is 0 Å². The summed E-state index contributed by atoms with van der Waals surface area (Å²) < 4.78 is 10.9. The molecule has 1 fully saturated rings. The molecule has 0 spiro atoms. The molecule has 0 aliphatic carbocycles. The topological polar surface area (TPSA) is 38.8 Å². The second-order valence-corrected chi connectivity index (χ2v) is 8.31. The first kappa shape index (κ1) is 20.8. The zero-order valence-electron chi connectivity index (χ0n) is 17.3. The van der Waals surface area contributed by atoms with Crippen LogP contribution >= 0.6 is 0 Å². The molecule has 1 aliphatic rings. The zero-order chi connectivity index (χ0) is 19.3. The van der Waals surface area contributed by atoms with Crippen LogP contribution in [0, 0.1) is 11.8 Å². The molecule has 2 rings (SSSR count). The number of carbonyl (C=O) groups excluding carboxylic acids is 1. The van der Waals surface area contributed by atoms with Crippen LogP contribution in [0.5, 0.6) is 11.5 Å². The van der Waals surface area contributed by atoms with Crippen molar-refractivity contribution in [1.29, 1.82) is 0 Å².